The van der Waals surface area contributed by atoms with Crippen LogP contribution in [0.2, 0.25) is 0 Å². The van der Waals surface area contributed by atoms with Crippen LogP contribution in [-0.2, 0) is 11.0 Å². The summed E-state index contributed by atoms with van der Waals surface area (Å²) in [5.74, 6) is -2.70. The van der Waals surface area contributed by atoms with Gasteiger partial charge in [-0.2, -0.15) is 18.3 Å². The van der Waals surface area contributed by atoms with Gasteiger partial charge in [0, 0.05) is 18.6 Å². The predicted octanol–water partition coefficient (Wildman–Crippen LogP) is 5.02. The SMILES string of the molecule is CC(=O)Nc1cnc(-c2ccccc2C(F)(F)F)nc1Nc1n[nH]c2c(F)cc(F)cc12. The molecule has 12 heteroatoms. The normalized spacial score (nSPS) is 11.6. The minimum Gasteiger partial charge on any atom is -0.322 e. The average Bonchev–Trinajstić information content (AvgIpc) is 3.11. The van der Waals surface area contributed by atoms with E-state index in [4.69, 9.17) is 0 Å². The molecule has 0 unspecified atom stereocenters. The highest BCUT2D eigenvalue weighted by molar-refractivity contribution is 5.95. The summed E-state index contributed by atoms with van der Waals surface area (Å²) >= 11 is 0. The first-order chi connectivity index (χ1) is 15.1. The molecular weight excluding hydrogens is 435 g/mol. The number of nitrogens with one attached hydrogen (secondary N) is 3. The zero-order chi connectivity index (χ0) is 23.0. The molecule has 7 nitrogen and oxygen atoms in total. The number of benzene rings is 2. The Labute approximate surface area is 176 Å². The molecule has 32 heavy (non-hydrogen) atoms. The third kappa shape index (κ3) is 4.06. The summed E-state index contributed by atoms with van der Waals surface area (Å²) in [6.45, 7) is 1.21. The van der Waals surface area contributed by atoms with E-state index in [0.717, 1.165) is 18.3 Å². The highest BCUT2D eigenvalue weighted by Crippen LogP contribution is 2.37. The Morgan fingerprint density at radius 3 is 2.56 bits per heavy atom. The van der Waals surface area contributed by atoms with Crippen LogP contribution in [0.1, 0.15) is 12.5 Å². The number of alkyl halides is 3. The fourth-order valence-electron chi connectivity index (χ4n) is 3.07. The van der Waals surface area contributed by atoms with E-state index >= 15 is 0 Å². The van der Waals surface area contributed by atoms with Crippen LogP contribution in [0.25, 0.3) is 22.3 Å². The zero-order valence-corrected chi connectivity index (χ0v) is 16.2. The molecule has 0 spiro atoms. The summed E-state index contributed by atoms with van der Waals surface area (Å²) in [7, 11) is 0. The maximum absolute atomic E-state index is 14.0. The number of aromatic amines is 1. The summed E-state index contributed by atoms with van der Waals surface area (Å²) in [5, 5.41) is 11.5. The second-order valence-electron chi connectivity index (χ2n) is 6.69. The number of amides is 1. The Kier molecular flexibility index (Phi) is 5.20. The lowest BCUT2D eigenvalue weighted by Gasteiger charge is -2.14. The van der Waals surface area contributed by atoms with Gasteiger partial charge in [0.15, 0.2) is 23.3 Å². The molecule has 2 heterocycles. The highest BCUT2D eigenvalue weighted by atomic mass is 19.4. The van der Waals surface area contributed by atoms with Gasteiger partial charge in [-0.1, -0.05) is 18.2 Å². The monoisotopic (exact) mass is 448 g/mol. The molecule has 0 fully saturated rings. The number of anilines is 3. The van der Waals surface area contributed by atoms with Crippen LogP contribution in [0.3, 0.4) is 0 Å². The minimum atomic E-state index is -4.66. The zero-order valence-electron chi connectivity index (χ0n) is 16.2. The van der Waals surface area contributed by atoms with Crippen molar-refractivity contribution in [1.29, 1.82) is 0 Å². The smallest absolute Gasteiger partial charge is 0.322 e. The summed E-state index contributed by atoms with van der Waals surface area (Å²) < 4.78 is 67.9. The van der Waals surface area contributed by atoms with Gasteiger partial charge in [-0.3, -0.25) is 9.89 Å². The Morgan fingerprint density at radius 1 is 1.09 bits per heavy atom. The fourth-order valence-corrected chi connectivity index (χ4v) is 3.07. The van der Waals surface area contributed by atoms with Gasteiger partial charge in [0.25, 0.3) is 0 Å². The van der Waals surface area contributed by atoms with Gasteiger partial charge in [0.05, 0.1) is 17.1 Å². The fraction of sp³-hybridized carbons (Fsp3) is 0.100. The molecule has 4 rings (SSSR count). The van der Waals surface area contributed by atoms with Gasteiger partial charge in [0.1, 0.15) is 17.0 Å². The van der Waals surface area contributed by atoms with E-state index in [1.165, 1.54) is 25.1 Å². The van der Waals surface area contributed by atoms with Crippen LogP contribution >= 0.6 is 0 Å². The van der Waals surface area contributed by atoms with E-state index in [-0.39, 0.29) is 39.6 Å². The Hall–Kier alpha value is -4.09. The number of hydrogen-bond acceptors (Lipinski definition) is 5. The van der Waals surface area contributed by atoms with Crippen molar-refractivity contribution in [3.63, 3.8) is 0 Å². The molecule has 164 valence electrons. The van der Waals surface area contributed by atoms with Crippen molar-refractivity contribution in [2.45, 2.75) is 13.1 Å². The van der Waals surface area contributed by atoms with E-state index in [0.29, 0.717) is 6.07 Å². The largest absolute Gasteiger partial charge is 0.417 e. The Balaban J connectivity index is 1.84. The van der Waals surface area contributed by atoms with Gasteiger partial charge in [-0.15, -0.1) is 0 Å². The minimum absolute atomic E-state index is 0.0266. The predicted molar refractivity (Wildman–Crippen MR) is 106 cm³/mol. The van der Waals surface area contributed by atoms with Crippen LogP contribution in [0, 0.1) is 11.6 Å². The lowest BCUT2D eigenvalue weighted by molar-refractivity contribution is -0.137. The number of H-pyrrole nitrogens is 1. The van der Waals surface area contributed by atoms with Crippen LogP contribution in [0.15, 0.2) is 42.6 Å². The van der Waals surface area contributed by atoms with Crippen molar-refractivity contribution in [1.82, 2.24) is 20.2 Å². The van der Waals surface area contributed by atoms with Crippen molar-refractivity contribution >= 4 is 34.1 Å². The maximum Gasteiger partial charge on any atom is 0.417 e. The van der Waals surface area contributed by atoms with E-state index in [9.17, 15) is 26.7 Å². The van der Waals surface area contributed by atoms with Gasteiger partial charge in [0.2, 0.25) is 5.91 Å². The van der Waals surface area contributed by atoms with Gasteiger partial charge < -0.3 is 10.6 Å². The molecule has 0 saturated heterocycles. The molecule has 0 aliphatic heterocycles. The van der Waals surface area contributed by atoms with Crippen LogP contribution < -0.4 is 10.6 Å². The molecule has 2 aromatic heterocycles. The Bertz CT molecular complexity index is 1330. The number of rotatable bonds is 4. The van der Waals surface area contributed by atoms with Crippen molar-refractivity contribution in [2.75, 3.05) is 10.6 Å². The first kappa shape index (κ1) is 21.2. The second kappa shape index (κ2) is 7.87. The van der Waals surface area contributed by atoms with Gasteiger partial charge in [-0.25, -0.2) is 18.7 Å². The van der Waals surface area contributed by atoms with Gasteiger partial charge in [-0.05, 0) is 12.1 Å². The van der Waals surface area contributed by atoms with E-state index < -0.39 is 29.3 Å². The summed E-state index contributed by atoms with van der Waals surface area (Å²) in [6.07, 6.45) is -3.54. The van der Waals surface area contributed by atoms with Crippen molar-refractivity contribution in [3.8, 4) is 11.4 Å². The molecule has 0 atom stereocenters. The molecule has 0 bridgehead atoms. The number of halogens is 5. The van der Waals surface area contributed by atoms with Crippen LogP contribution in [0.4, 0.5) is 39.3 Å². The molecule has 0 aliphatic rings. The van der Waals surface area contributed by atoms with Crippen molar-refractivity contribution < 1.29 is 26.7 Å². The molecule has 0 radical (unpaired) electrons. The number of fused-ring (bicyclic) bond motifs is 1. The summed E-state index contributed by atoms with van der Waals surface area (Å²) in [4.78, 5) is 19.6. The second-order valence-corrected chi connectivity index (χ2v) is 6.69. The molecule has 2 aromatic carbocycles. The first-order valence-electron chi connectivity index (χ1n) is 9.05. The van der Waals surface area contributed by atoms with E-state index in [1.807, 2.05) is 0 Å². The summed E-state index contributed by atoms with van der Waals surface area (Å²) in [6, 6.07) is 6.41. The lowest BCUT2D eigenvalue weighted by Crippen LogP contribution is -2.12. The maximum atomic E-state index is 14.0. The third-order valence-corrected chi connectivity index (χ3v) is 4.40. The quantitative estimate of drug-likeness (QED) is 0.381. The van der Waals surface area contributed by atoms with Crippen LogP contribution in [-0.4, -0.2) is 26.1 Å². The number of aromatic nitrogens is 4. The van der Waals surface area contributed by atoms with Crippen molar-refractivity contribution in [2.24, 2.45) is 0 Å². The summed E-state index contributed by atoms with van der Waals surface area (Å²) in [5.41, 5.74) is -1.31. The molecular formula is C20H13F5N6O. The number of carbonyl (C=O) groups excluding carboxylic acids is 1. The van der Waals surface area contributed by atoms with Crippen LogP contribution in [0.5, 0.6) is 0 Å². The average molecular weight is 448 g/mol. The number of nitrogens with zero attached hydrogens (tertiary/aromatic N) is 3. The molecule has 0 aliphatic carbocycles. The van der Waals surface area contributed by atoms with Gasteiger partial charge >= 0.3 is 6.18 Å². The molecule has 0 saturated carbocycles. The standard InChI is InChI=1S/C20H13F5N6O/c1-9(32)27-15-8-26-17(11-4-2-3-5-13(11)20(23,24)25)28-19(15)29-18-12-6-10(21)7-14(22)16(12)30-31-18/h2-8H,1H3,(H,27,32)(H2,26,28,29,30,31). The molecule has 1 amide bonds. The molecule has 4 aromatic rings. The van der Waals surface area contributed by atoms with Crippen molar-refractivity contribution in [3.05, 3.63) is 59.8 Å². The number of hydrogen-bond donors (Lipinski definition) is 3. The van der Waals surface area contributed by atoms with E-state index in [1.54, 1.807) is 0 Å². The number of carbonyl (C=O) groups is 1. The first-order valence-corrected chi connectivity index (χ1v) is 9.05. The Morgan fingerprint density at radius 2 is 1.84 bits per heavy atom. The topological polar surface area (TPSA) is 95.6 Å². The van der Waals surface area contributed by atoms with E-state index in [2.05, 4.69) is 30.8 Å². The molecule has 3 N–H and O–H groups in total. The highest BCUT2D eigenvalue weighted by Gasteiger charge is 2.34. The lowest BCUT2D eigenvalue weighted by atomic mass is 10.1. The third-order valence-electron chi connectivity index (χ3n) is 4.40.